The second kappa shape index (κ2) is 8.81. The second-order valence-electron chi connectivity index (χ2n) is 10.7. The average molecular weight is 527 g/mol. The minimum Gasteiger partial charge on any atom is -0.341 e. The van der Waals surface area contributed by atoms with Crippen molar-refractivity contribution in [1.82, 2.24) is 30.0 Å². The molecule has 2 aliphatic heterocycles. The lowest BCUT2D eigenvalue weighted by molar-refractivity contribution is -0.102. The van der Waals surface area contributed by atoms with Gasteiger partial charge in [-0.1, -0.05) is 30.3 Å². The van der Waals surface area contributed by atoms with E-state index < -0.39 is 5.82 Å². The van der Waals surface area contributed by atoms with Crippen molar-refractivity contribution in [1.29, 1.82) is 0 Å². The predicted octanol–water partition coefficient (Wildman–Crippen LogP) is 3.63. The van der Waals surface area contributed by atoms with Crippen LogP contribution in [0.3, 0.4) is 0 Å². The van der Waals surface area contributed by atoms with Crippen LogP contribution in [0.15, 0.2) is 65.5 Å². The largest absolute Gasteiger partial charge is 0.341 e. The van der Waals surface area contributed by atoms with Gasteiger partial charge in [0.1, 0.15) is 17.2 Å². The van der Waals surface area contributed by atoms with Gasteiger partial charge in [-0.3, -0.25) is 14.5 Å². The quantitative estimate of drug-likeness (QED) is 0.365. The Labute approximate surface area is 221 Å². The van der Waals surface area contributed by atoms with E-state index in [4.69, 9.17) is 0 Å². The van der Waals surface area contributed by atoms with Crippen molar-refractivity contribution >= 4 is 27.7 Å². The van der Waals surface area contributed by atoms with E-state index in [1.807, 2.05) is 12.1 Å². The van der Waals surface area contributed by atoms with E-state index in [-0.39, 0.29) is 28.3 Å². The van der Waals surface area contributed by atoms with Crippen molar-refractivity contribution in [2.24, 2.45) is 5.41 Å². The molecule has 196 valence electrons. The number of nitrogens with zero attached hydrogens (tertiary/aromatic N) is 4. The van der Waals surface area contributed by atoms with Gasteiger partial charge < -0.3 is 9.88 Å². The summed E-state index contributed by atoms with van der Waals surface area (Å²) in [4.78, 5) is 36.7. The number of hydrogen-bond acceptors (Lipinski definition) is 5. The van der Waals surface area contributed by atoms with Gasteiger partial charge in [-0.15, -0.1) is 0 Å². The summed E-state index contributed by atoms with van der Waals surface area (Å²) < 4.78 is 28.7. The van der Waals surface area contributed by atoms with Gasteiger partial charge >= 0.3 is 0 Å². The maximum absolute atomic E-state index is 14.7. The molecule has 0 atom stereocenters. The summed E-state index contributed by atoms with van der Waals surface area (Å²) in [5.74, 6) is -0.523. The zero-order valence-corrected chi connectivity index (χ0v) is 20.9. The number of fused-ring (bicyclic) bond motifs is 2. The molecule has 0 bridgehead atoms. The van der Waals surface area contributed by atoms with Crippen LogP contribution in [0.1, 0.15) is 27.4 Å². The number of amides is 1. The number of rotatable bonds is 5. The summed E-state index contributed by atoms with van der Waals surface area (Å²) in [5.41, 5.74) is 2.18. The van der Waals surface area contributed by atoms with E-state index in [9.17, 15) is 18.4 Å². The molecular weight excluding hydrogens is 502 g/mol. The van der Waals surface area contributed by atoms with Crippen LogP contribution in [0.5, 0.6) is 0 Å². The van der Waals surface area contributed by atoms with Crippen LogP contribution >= 0.6 is 0 Å². The molecule has 0 aliphatic carbocycles. The fourth-order valence-electron chi connectivity index (χ4n) is 5.97. The SMILES string of the molecule is O=C(c1cc(Cc2n[nH]c(=O)c3ccccc23)ccc1F)N1CC2(CN(Cc3nc4c(F)cccc4[nH]3)C2)C1. The molecule has 2 aliphatic rings. The maximum atomic E-state index is 14.7. The number of imidazole rings is 1. The number of aromatic amines is 2. The molecule has 2 fully saturated rings. The number of carbonyl (C=O) groups is 1. The smallest absolute Gasteiger partial charge is 0.272 e. The molecule has 0 saturated carbocycles. The Morgan fingerprint density at radius 3 is 2.54 bits per heavy atom. The number of likely N-dealkylation sites (tertiary alicyclic amines) is 2. The lowest BCUT2D eigenvalue weighted by atomic mass is 9.72. The van der Waals surface area contributed by atoms with E-state index in [1.54, 1.807) is 41.3 Å². The number of halogens is 2. The summed E-state index contributed by atoms with van der Waals surface area (Å²) in [5, 5.41) is 7.98. The molecule has 2 saturated heterocycles. The minimum atomic E-state index is -0.559. The first-order valence-electron chi connectivity index (χ1n) is 12.8. The normalized spacial score (nSPS) is 16.5. The van der Waals surface area contributed by atoms with E-state index in [0.717, 1.165) is 24.0 Å². The molecule has 1 amide bonds. The summed E-state index contributed by atoms with van der Waals surface area (Å²) in [6.07, 6.45) is 0.350. The Morgan fingerprint density at radius 1 is 0.949 bits per heavy atom. The third-order valence-electron chi connectivity index (χ3n) is 7.75. The second-order valence-corrected chi connectivity index (χ2v) is 10.7. The third kappa shape index (κ3) is 4.08. The van der Waals surface area contributed by atoms with Crippen molar-refractivity contribution in [3.63, 3.8) is 0 Å². The lowest BCUT2D eigenvalue weighted by Gasteiger charge is -2.60. The third-order valence-corrected chi connectivity index (χ3v) is 7.75. The number of benzene rings is 3. The molecule has 0 unspecified atom stereocenters. The van der Waals surface area contributed by atoms with Gasteiger partial charge in [0.2, 0.25) is 0 Å². The highest BCUT2D eigenvalue weighted by Crippen LogP contribution is 2.41. The Kier molecular flexibility index (Phi) is 5.34. The number of H-pyrrole nitrogens is 2. The van der Waals surface area contributed by atoms with Gasteiger partial charge in [0.15, 0.2) is 5.82 Å². The molecule has 7 rings (SSSR count). The molecule has 10 heteroatoms. The van der Waals surface area contributed by atoms with Gasteiger partial charge in [0.05, 0.1) is 28.7 Å². The zero-order chi connectivity index (χ0) is 26.7. The van der Waals surface area contributed by atoms with Gasteiger partial charge in [-0.25, -0.2) is 18.9 Å². The summed E-state index contributed by atoms with van der Waals surface area (Å²) >= 11 is 0. The van der Waals surface area contributed by atoms with Gasteiger partial charge in [0, 0.05) is 43.4 Å². The molecule has 3 aromatic carbocycles. The Balaban J connectivity index is 1.01. The molecule has 4 heterocycles. The van der Waals surface area contributed by atoms with E-state index in [2.05, 4.69) is 25.1 Å². The van der Waals surface area contributed by atoms with Crippen LogP contribution in [0.2, 0.25) is 0 Å². The van der Waals surface area contributed by atoms with Crippen LogP contribution in [-0.4, -0.2) is 62.1 Å². The number of hydrogen-bond donors (Lipinski definition) is 2. The van der Waals surface area contributed by atoms with Crippen molar-refractivity contribution in [2.45, 2.75) is 13.0 Å². The van der Waals surface area contributed by atoms with Gasteiger partial charge in [-0.2, -0.15) is 5.10 Å². The summed E-state index contributed by atoms with van der Waals surface area (Å²) in [6, 6.07) is 16.6. The van der Waals surface area contributed by atoms with Crippen molar-refractivity contribution in [3.05, 3.63) is 105 Å². The number of nitrogens with one attached hydrogen (secondary N) is 2. The Morgan fingerprint density at radius 2 is 1.74 bits per heavy atom. The van der Waals surface area contributed by atoms with Crippen LogP contribution in [0.25, 0.3) is 21.8 Å². The molecule has 2 aromatic heterocycles. The van der Waals surface area contributed by atoms with Crippen LogP contribution in [0, 0.1) is 17.0 Å². The van der Waals surface area contributed by atoms with Crippen molar-refractivity contribution in [3.8, 4) is 0 Å². The first-order valence-corrected chi connectivity index (χ1v) is 12.8. The standard InChI is InChI=1S/C29H24F2N6O2/c30-21-9-8-17(11-24-18-4-1-2-5-19(18)27(38)35-34-24)10-20(21)28(39)37-15-29(16-37)13-36(14-29)12-25-32-23-7-3-6-22(31)26(23)33-25/h1-10H,11-16H2,(H,32,33)(H,35,38). The molecule has 8 nitrogen and oxygen atoms in total. The fraction of sp³-hybridized carbons (Fsp3) is 0.241. The highest BCUT2D eigenvalue weighted by atomic mass is 19.1. The Hall–Kier alpha value is -4.44. The van der Waals surface area contributed by atoms with Crippen LogP contribution in [-0.2, 0) is 13.0 Å². The van der Waals surface area contributed by atoms with Gasteiger partial charge in [-0.05, 0) is 35.9 Å². The van der Waals surface area contributed by atoms with Crippen LogP contribution < -0.4 is 5.56 Å². The van der Waals surface area contributed by atoms with Crippen LogP contribution in [0.4, 0.5) is 8.78 Å². The topological polar surface area (TPSA) is 98.0 Å². The van der Waals surface area contributed by atoms with E-state index >= 15 is 0 Å². The number of carbonyl (C=O) groups excluding carboxylic acids is 1. The van der Waals surface area contributed by atoms with Crippen molar-refractivity contribution in [2.75, 3.05) is 26.2 Å². The minimum absolute atomic E-state index is 0.000240. The molecule has 2 N–H and O–H groups in total. The highest BCUT2D eigenvalue weighted by molar-refractivity contribution is 5.95. The monoisotopic (exact) mass is 526 g/mol. The lowest BCUT2D eigenvalue weighted by Crippen LogP contribution is -2.72. The summed E-state index contributed by atoms with van der Waals surface area (Å²) in [6.45, 7) is 3.29. The average Bonchev–Trinajstić information content (AvgIpc) is 3.31. The molecule has 39 heavy (non-hydrogen) atoms. The Bertz CT molecular complexity index is 1820. The van der Waals surface area contributed by atoms with E-state index in [1.165, 1.54) is 12.1 Å². The molecule has 0 radical (unpaired) electrons. The van der Waals surface area contributed by atoms with Gasteiger partial charge in [0.25, 0.3) is 11.5 Å². The van der Waals surface area contributed by atoms with E-state index in [0.29, 0.717) is 54.0 Å². The molecule has 1 spiro atoms. The number of aromatic nitrogens is 4. The molecular formula is C29H24F2N6O2. The maximum Gasteiger partial charge on any atom is 0.272 e. The summed E-state index contributed by atoms with van der Waals surface area (Å²) in [7, 11) is 0. The molecule has 5 aromatic rings. The highest BCUT2D eigenvalue weighted by Gasteiger charge is 2.53. The first kappa shape index (κ1) is 23.7. The van der Waals surface area contributed by atoms with Crippen molar-refractivity contribution < 1.29 is 13.6 Å². The zero-order valence-electron chi connectivity index (χ0n) is 20.9. The number of para-hydroxylation sites is 1. The predicted molar refractivity (Wildman–Crippen MR) is 141 cm³/mol. The fourth-order valence-corrected chi connectivity index (χ4v) is 5.97. The first-order chi connectivity index (χ1) is 18.9.